The van der Waals surface area contributed by atoms with Gasteiger partial charge >= 0.3 is 0 Å². The molecule has 0 spiro atoms. The summed E-state index contributed by atoms with van der Waals surface area (Å²) in [5.74, 6) is 0.348. The highest BCUT2D eigenvalue weighted by molar-refractivity contribution is 6.05. The van der Waals surface area contributed by atoms with Crippen molar-refractivity contribution in [2.45, 2.75) is 0 Å². The number of aryl methyl sites for hydroxylation is 1. The first kappa shape index (κ1) is 16.3. The number of benzene rings is 1. The van der Waals surface area contributed by atoms with E-state index in [1.54, 1.807) is 50.6 Å². The molecule has 2 N–H and O–H groups in total. The van der Waals surface area contributed by atoms with Crippen LogP contribution in [0.25, 0.3) is 0 Å². The summed E-state index contributed by atoms with van der Waals surface area (Å²) in [6, 6.07) is 11.6. The zero-order chi connectivity index (χ0) is 17.8. The van der Waals surface area contributed by atoms with Crippen LogP contribution in [0.1, 0.15) is 21.0 Å². The number of hydrogen-bond acceptors (Lipinski definition) is 5. The molecule has 1 aromatic carbocycles. The van der Waals surface area contributed by atoms with E-state index in [1.807, 2.05) is 0 Å². The Hall–Kier alpha value is -3.55. The zero-order valence-electron chi connectivity index (χ0n) is 13.6. The van der Waals surface area contributed by atoms with Crippen LogP contribution in [0.3, 0.4) is 0 Å². The number of carbonyl (C=O) groups is 2. The van der Waals surface area contributed by atoms with Crippen molar-refractivity contribution in [2.75, 3.05) is 17.7 Å². The van der Waals surface area contributed by atoms with Crippen LogP contribution in [0, 0.1) is 0 Å². The molecule has 3 rings (SSSR count). The maximum atomic E-state index is 12.3. The van der Waals surface area contributed by atoms with Gasteiger partial charge in [0.25, 0.3) is 11.8 Å². The van der Waals surface area contributed by atoms with Crippen molar-refractivity contribution in [1.82, 2.24) is 9.78 Å². The Morgan fingerprint density at radius 1 is 1.12 bits per heavy atom. The van der Waals surface area contributed by atoms with Crippen LogP contribution in [0.5, 0.6) is 5.75 Å². The molecule has 0 aliphatic heterocycles. The molecule has 0 radical (unpaired) electrons. The number of anilines is 2. The zero-order valence-corrected chi connectivity index (χ0v) is 13.6. The fourth-order valence-corrected chi connectivity index (χ4v) is 2.18. The van der Waals surface area contributed by atoms with Gasteiger partial charge in [-0.05, 0) is 24.3 Å². The number of furan rings is 1. The summed E-state index contributed by atoms with van der Waals surface area (Å²) < 4.78 is 11.6. The fraction of sp³-hybridized carbons (Fsp3) is 0.118. The number of nitrogens with one attached hydrogen (secondary N) is 2. The van der Waals surface area contributed by atoms with Crippen LogP contribution in [0.4, 0.5) is 11.5 Å². The summed E-state index contributed by atoms with van der Waals surface area (Å²) >= 11 is 0. The third-order valence-electron chi connectivity index (χ3n) is 3.43. The van der Waals surface area contributed by atoms with Gasteiger partial charge in [-0.15, -0.1) is 0 Å². The van der Waals surface area contributed by atoms with E-state index < -0.39 is 11.8 Å². The average molecular weight is 340 g/mol. The predicted octanol–water partition coefficient (Wildman–Crippen LogP) is 2.53. The van der Waals surface area contributed by atoms with Crippen LogP contribution < -0.4 is 15.4 Å². The highest BCUT2D eigenvalue weighted by Gasteiger charge is 2.16. The van der Waals surface area contributed by atoms with E-state index in [2.05, 4.69) is 15.7 Å². The number of nitrogens with zero attached hydrogens (tertiary/aromatic N) is 2. The molecule has 0 saturated heterocycles. The molecule has 8 nitrogen and oxygen atoms in total. The second-order valence-corrected chi connectivity index (χ2v) is 5.16. The summed E-state index contributed by atoms with van der Waals surface area (Å²) in [7, 11) is 3.17. The van der Waals surface area contributed by atoms with Gasteiger partial charge in [0.05, 0.1) is 13.4 Å². The molecule has 25 heavy (non-hydrogen) atoms. The summed E-state index contributed by atoms with van der Waals surface area (Å²) in [4.78, 5) is 24.3. The van der Waals surface area contributed by atoms with E-state index in [9.17, 15) is 9.59 Å². The predicted molar refractivity (Wildman–Crippen MR) is 90.8 cm³/mol. The molecule has 2 aromatic heterocycles. The standard InChI is InChI=1S/C17H16N4O4/c1-21-15(19-17(23)14-7-4-8-25-14)10-13(20-21)16(22)18-11-5-3-6-12(9-11)24-2/h3-10H,1-2H3,(H,18,22)(H,19,23). The summed E-state index contributed by atoms with van der Waals surface area (Å²) in [6.07, 6.45) is 1.41. The van der Waals surface area contributed by atoms with Gasteiger partial charge in [0.15, 0.2) is 11.5 Å². The van der Waals surface area contributed by atoms with Crippen LogP contribution in [-0.4, -0.2) is 28.7 Å². The minimum absolute atomic E-state index is 0.167. The van der Waals surface area contributed by atoms with Crippen molar-refractivity contribution in [1.29, 1.82) is 0 Å². The van der Waals surface area contributed by atoms with Gasteiger partial charge in [0.2, 0.25) is 0 Å². The van der Waals surface area contributed by atoms with Crippen molar-refractivity contribution in [3.8, 4) is 5.75 Å². The second-order valence-electron chi connectivity index (χ2n) is 5.16. The molecule has 0 bridgehead atoms. The molecule has 0 aliphatic carbocycles. The van der Waals surface area contributed by atoms with Crippen molar-refractivity contribution in [3.05, 3.63) is 60.2 Å². The number of amides is 2. The molecule has 0 fully saturated rings. The SMILES string of the molecule is COc1cccc(NC(=O)c2cc(NC(=O)c3ccco3)n(C)n2)c1. The molecular weight excluding hydrogens is 324 g/mol. The Morgan fingerprint density at radius 3 is 2.68 bits per heavy atom. The highest BCUT2D eigenvalue weighted by atomic mass is 16.5. The molecular formula is C17H16N4O4. The summed E-state index contributed by atoms with van der Waals surface area (Å²) in [6.45, 7) is 0. The lowest BCUT2D eigenvalue weighted by Gasteiger charge is -2.05. The van der Waals surface area contributed by atoms with Gasteiger partial charge in [-0.25, -0.2) is 0 Å². The lowest BCUT2D eigenvalue weighted by atomic mass is 10.3. The van der Waals surface area contributed by atoms with E-state index in [0.29, 0.717) is 17.3 Å². The Labute approximate surface area is 143 Å². The smallest absolute Gasteiger partial charge is 0.292 e. The topological polar surface area (TPSA) is 98.4 Å². The number of aromatic nitrogens is 2. The van der Waals surface area contributed by atoms with Gasteiger partial charge < -0.3 is 19.8 Å². The maximum absolute atomic E-state index is 12.3. The molecule has 8 heteroatoms. The molecule has 0 saturated carbocycles. The minimum Gasteiger partial charge on any atom is -0.497 e. The maximum Gasteiger partial charge on any atom is 0.292 e. The van der Waals surface area contributed by atoms with Crippen LogP contribution in [-0.2, 0) is 7.05 Å². The number of ether oxygens (including phenoxy) is 1. The summed E-state index contributed by atoms with van der Waals surface area (Å²) in [5.41, 5.74) is 0.747. The Kier molecular flexibility index (Phi) is 4.51. The van der Waals surface area contributed by atoms with Gasteiger partial charge in [0.1, 0.15) is 11.6 Å². The van der Waals surface area contributed by atoms with E-state index in [1.165, 1.54) is 17.0 Å². The lowest BCUT2D eigenvalue weighted by Crippen LogP contribution is -2.13. The normalized spacial score (nSPS) is 10.3. The van der Waals surface area contributed by atoms with E-state index in [-0.39, 0.29) is 11.5 Å². The van der Waals surface area contributed by atoms with Crippen LogP contribution >= 0.6 is 0 Å². The quantitative estimate of drug-likeness (QED) is 0.744. The Bertz CT molecular complexity index is 899. The van der Waals surface area contributed by atoms with Gasteiger partial charge in [-0.1, -0.05) is 6.07 Å². The number of rotatable bonds is 5. The largest absolute Gasteiger partial charge is 0.497 e. The van der Waals surface area contributed by atoms with Gasteiger partial charge in [-0.3, -0.25) is 14.3 Å². The molecule has 2 heterocycles. The third kappa shape index (κ3) is 3.69. The van der Waals surface area contributed by atoms with Crippen molar-refractivity contribution >= 4 is 23.3 Å². The molecule has 0 aliphatic rings. The molecule has 0 unspecified atom stereocenters. The first-order valence-electron chi connectivity index (χ1n) is 7.41. The van der Waals surface area contributed by atoms with Gasteiger partial charge in [-0.2, -0.15) is 5.10 Å². The number of hydrogen-bond donors (Lipinski definition) is 2. The minimum atomic E-state index is -0.423. The molecule has 128 valence electrons. The first-order valence-corrected chi connectivity index (χ1v) is 7.41. The van der Waals surface area contributed by atoms with Crippen LogP contribution in [0.15, 0.2) is 53.1 Å². The molecule has 2 amide bonds. The lowest BCUT2D eigenvalue weighted by molar-refractivity contribution is 0.0993. The summed E-state index contributed by atoms with van der Waals surface area (Å²) in [5, 5.41) is 9.48. The Balaban J connectivity index is 1.72. The monoisotopic (exact) mass is 340 g/mol. The van der Waals surface area contributed by atoms with E-state index in [0.717, 1.165) is 0 Å². The van der Waals surface area contributed by atoms with Crippen molar-refractivity contribution in [3.63, 3.8) is 0 Å². The fourth-order valence-electron chi connectivity index (χ4n) is 2.18. The molecule has 0 atom stereocenters. The van der Waals surface area contributed by atoms with Crippen molar-refractivity contribution in [2.24, 2.45) is 7.05 Å². The average Bonchev–Trinajstić information content (AvgIpc) is 3.26. The van der Waals surface area contributed by atoms with Crippen LogP contribution in [0.2, 0.25) is 0 Å². The molecule has 3 aromatic rings. The second kappa shape index (κ2) is 6.91. The Morgan fingerprint density at radius 2 is 1.96 bits per heavy atom. The van der Waals surface area contributed by atoms with Crippen molar-refractivity contribution < 1.29 is 18.7 Å². The van der Waals surface area contributed by atoms with E-state index >= 15 is 0 Å². The number of methoxy groups -OCH3 is 1. The highest BCUT2D eigenvalue weighted by Crippen LogP contribution is 2.18. The number of carbonyl (C=O) groups excluding carboxylic acids is 2. The van der Waals surface area contributed by atoms with E-state index in [4.69, 9.17) is 9.15 Å². The first-order chi connectivity index (χ1) is 12.1. The van der Waals surface area contributed by atoms with Gasteiger partial charge in [0, 0.05) is 24.9 Å². The third-order valence-corrected chi connectivity index (χ3v) is 3.43.